The van der Waals surface area contributed by atoms with Gasteiger partial charge in [0.05, 0.1) is 7.05 Å². The molecule has 2 aromatic rings. The van der Waals surface area contributed by atoms with Gasteiger partial charge < -0.3 is 10.2 Å². The summed E-state index contributed by atoms with van der Waals surface area (Å²) in [6, 6.07) is 17.8. The predicted octanol–water partition coefficient (Wildman–Crippen LogP) is 2.64. The van der Waals surface area contributed by atoms with Gasteiger partial charge in [-0.15, -0.1) is 0 Å². The molecule has 2 aromatic carbocycles. The van der Waals surface area contributed by atoms with E-state index in [1.165, 1.54) is 16.0 Å². The van der Waals surface area contributed by atoms with E-state index in [2.05, 4.69) is 43.4 Å². The highest BCUT2D eigenvalue weighted by Crippen LogP contribution is 2.31. The van der Waals surface area contributed by atoms with E-state index in [4.69, 9.17) is 0 Å². The van der Waals surface area contributed by atoms with Gasteiger partial charge in [-0.1, -0.05) is 75.4 Å². The summed E-state index contributed by atoms with van der Waals surface area (Å²) in [4.78, 5) is 28.3. The van der Waals surface area contributed by atoms with E-state index in [1.807, 2.05) is 44.3 Å². The quantitative estimate of drug-likeness (QED) is 0.726. The Balaban J connectivity index is 1.71. The van der Waals surface area contributed by atoms with Crippen molar-refractivity contribution in [3.8, 4) is 0 Å². The van der Waals surface area contributed by atoms with Crippen LogP contribution in [-0.2, 0) is 16.9 Å². The molecule has 2 atom stereocenters. The molecule has 0 bridgehead atoms. The predicted molar refractivity (Wildman–Crippen MR) is 110 cm³/mol. The minimum Gasteiger partial charge on any atom is -0.319 e. The number of hydrogen-bond donors (Lipinski definition) is 2. The molecule has 3 rings (SSSR count). The molecule has 5 heteroatoms. The highest BCUT2D eigenvalue weighted by atomic mass is 16.2. The van der Waals surface area contributed by atoms with Crippen molar-refractivity contribution < 1.29 is 14.5 Å². The van der Waals surface area contributed by atoms with Crippen LogP contribution in [0.3, 0.4) is 0 Å². The Labute approximate surface area is 167 Å². The number of nitrogens with one attached hydrogen (secondary N) is 2. The van der Waals surface area contributed by atoms with Gasteiger partial charge in [0.1, 0.15) is 12.1 Å². The second-order valence-electron chi connectivity index (χ2n) is 7.98. The average Bonchev–Trinajstić information content (AvgIpc) is 2.94. The van der Waals surface area contributed by atoms with E-state index in [0.717, 1.165) is 17.0 Å². The van der Waals surface area contributed by atoms with Gasteiger partial charge in [-0.3, -0.25) is 4.79 Å². The number of hydrogen-bond acceptors (Lipinski definition) is 2. The van der Waals surface area contributed by atoms with Gasteiger partial charge in [0.25, 0.3) is 5.91 Å². The van der Waals surface area contributed by atoms with Crippen LogP contribution in [0.15, 0.2) is 54.6 Å². The first-order valence-electron chi connectivity index (χ1n) is 9.97. The number of rotatable bonds is 7. The standard InChI is InChI=1S/C23H29N3O2/c1-5-23(20-9-7-6-8-10-20)21(27)26(22(28)24-23)16-25(4)15-18-11-13-19(14-12-18)17(2)3/h6-14,17H,5,15-16H2,1-4H3,(H,24,28)/p+1/t23-/m1/s1. The minimum absolute atomic E-state index is 0.166. The smallest absolute Gasteiger partial charge is 0.319 e. The number of carbonyl (C=O) groups is 2. The molecule has 0 aromatic heterocycles. The summed E-state index contributed by atoms with van der Waals surface area (Å²) in [6.07, 6.45) is 0.522. The molecule has 1 aliphatic rings. The second-order valence-corrected chi connectivity index (χ2v) is 7.98. The van der Waals surface area contributed by atoms with Gasteiger partial charge in [0.15, 0.2) is 6.67 Å². The zero-order chi connectivity index (χ0) is 20.3. The van der Waals surface area contributed by atoms with Crippen LogP contribution in [0.25, 0.3) is 0 Å². The van der Waals surface area contributed by atoms with Crippen LogP contribution in [0.1, 0.15) is 49.8 Å². The summed E-state index contributed by atoms with van der Waals surface area (Å²) in [6.45, 7) is 7.38. The number of imide groups is 1. The third-order valence-electron chi connectivity index (χ3n) is 5.55. The SMILES string of the molecule is CC[C@]1(c2ccccc2)NC(=O)N(C[NH+](C)Cc2ccc(C(C)C)cc2)C1=O. The van der Waals surface area contributed by atoms with Gasteiger partial charge in [-0.2, -0.15) is 0 Å². The fourth-order valence-electron chi connectivity index (χ4n) is 3.83. The lowest BCUT2D eigenvalue weighted by atomic mass is 9.87. The first-order valence-corrected chi connectivity index (χ1v) is 9.97. The number of carbonyl (C=O) groups excluding carboxylic acids is 2. The molecule has 0 spiro atoms. The van der Waals surface area contributed by atoms with Crippen molar-refractivity contribution in [1.82, 2.24) is 10.2 Å². The maximum atomic E-state index is 13.2. The van der Waals surface area contributed by atoms with Crippen molar-refractivity contribution in [1.29, 1.82) is 0 Å². The summed E-state index contributed by atoms with van der Waals surface area (Å²) in [5, 5.41) is 2.95. The Morgan fingerprint density at radius 1 is 1.04 bits per heavy atom. The molecule has 1 heterocycles. The van der Waals surface area contributed by atoms with E-state index in [9.17, 15) is 9.59 Å². The number of amides is 3. The molecule has 0 radical (unpaired) electrons. The molecule has 1 saturated heterocycles. The molecule has 1 aliphatic heterocycles. The number of quaternary nitrogens is 1. The summed E-state index contributed by atoms with van der Waals surface area (Å²) >= 11 is 0. The summed E-state index contributed by atoms with van der Waals surface area (Å²) < 4.78 is 0. The van der Waals surface area contributed by atoms with Gasteiger partial charge in [-0.05, 0) is 23.5 Å². The van der Waals surface area contributed by atoms with E-state index in [1.54, 1.807) is 0 Å². The van der Waals surface area contributed by atoms with Crippen molar-refractivity contribution in [2.75, 3.05) is 13.7 Å². The van der Waals surface area contributed by atoms with E-state index >= 15 is 0 Å². The first kappa shape index (κ1) is 20.1. The Morgan fingerprint density at radius 2 is 1.68 bits per heavy atom. The minimum atomic E-state index is -0.961. The maximum Gasteiger partial charge on any atom is 0.329 e. The first-order chi connectivity index (χ1) is 13.4. The topological polar surface area (TPSA) is 53.9 Å². The fraction of sp³-hybridized carbons (Fsp3) is 0.391. The highest BCUT2D eigenvalue weighted by molar-refractivity contribution is 6.07. The molecule has 2 N–H and O–H groups in total. The summed E-state index contributed by atoms with van der Waals surface area (Å²) in [7, 11) is 2.01. The van der Waals surface area contributed by atoms with Crippen LogP contribution in [-0.4, -0.2) is 30.6 Å². The molecule has 1 fully saturated rings. The molecular weight excluding hydrogens is 350 g/mol. The lowest BCUT2D eigenvalue weighted by Gasteiger charge is -2.26. The maximum absolute atomic E-state index is 13.2. The third kappa shape index (κ3) is 3.80. The van der Waals surface area contributed by atoms with Crippen molar-refractivity contribution in [3.63, 3.8) is 0 Å². The van der Waals surface area contributed by atoms with Gasteiger partial charge >= 0.3 is 6.03 Å². The van der Waals surface area contributed by atoms with E-state index < -0.39 is 5.54 Å². The van der Waals surface area contributed by atoms with Crippen molar-refractivity contribution in [2.24, 2.45) is 0 Å². The Kier molecular flexibility index (Phi) is 5.84. The molecular formula is C23H30N3O2+. The average molecular weight is 381 g/mol. The van der Waals surface area contributed by atoms with Gasteiger partial charge in [0, 0.05) is 5.56 Å². The van der Waals surface area contributed by atoms with E-state index in [-0.39, 0.29) is 11.9 Å². The normalized spacial score (nSPS) is 20.5. The van der Waals surface area contributed by atoms with Crippen molar-refractivity contribution in [2.45, 2.75) is 45.2 Å². The second kappa shape index (κ2) is 8.15. The third-order valence-corrected chi connectivity index (χ3v) is 5.55. The number of nitrogens with zero attached hydrogens (tertiary/aromatic N) is 1. The summed E-state index contributed by atoms with van der Waals surface area (Å²) in [5.74, 6) is 0.339. The van der Waals surface area contributed by atoms with Crippen LogP contribution in [0.4, 0.5) is 4.79 Å². The number of benzene rings is 2. The Hall–Kier alpha value is -2.66. The van der Waals surface area contributed by atoms with E-state index in [0.29, 0.717) is 19.0 Å². The molecule has 148 valence electrons. The van der Waals surface area contributed by atoms with Crippen LogP contribution in [0, 0.1) is 0 Å². The van der Waals surface area contributed by atoms with Crippen molar-refractivity contribution >= 4 is 11.9 Å². The monoisotopic (exact) mass is 380 g/mol. The molecule has 28 heavy (non-hydrogen) atoms. The van der Waals surface area contributed by atoms with Crippen LogP contribution in [0.5, 0.6) is 0 Å². The van der Waals surface area contributed by atoms with Crippen molar-refractivity contribution in [3.05, 3.63) is 71.3 Å². The highest BCUT2D eigenvalue weighted by Gasteiger charge is 2.52. The zero-order valence-corrected chi connectivity index (χ0v) is 17.2. The van der Waals surface area contributed by atoms with Gasteiger partial charge in [0.2, 0.25) is 0 Å². The fourth-order valence-corrected chi connectivity index (χ4v) is 3.83. The molecule has 3 amide bonds. The molecule has 5 nitrogen and oxygen atoms in total. The number of urea groups is 1. The summed E-state index contributed by atoms with van der Waals surface area (Å²) in [5.41, 5.74) is 2.38. The molecule has 1 unspecified atom stereocenters. The zero-order valence-electron chi connectivity index (χ0n) is 17.2. The molecule has 0 aliphatic carbocycles. The Bertz CT molecular complexity index is 833. The van der Waals surface area contributed by atoms with Crippen LogP contribution < -0.4 is 10.2 Å². The molecule has 0 saturated carbocycles. The lowest BCUT2D eigenvalue weighted by Crippen LogP contribution is -3.09. The lowest BCUT2D eigenvalue weighted by molar-refractivity contribution is -0.901. The van der Waals surface area contributed by atoms with Crippen LogP contribution in [0.2, 0.25) is 0 Å². The van der Waals surface area contributed by atoms with Crippen LogP contribution >= 0.6 is 0 Å². The van der Waals surface area contributed by atoms with Gasteiger partial charge in [-0.25, -0.2) is 9.69 Å². The Morgan fingerprint density at radius 3 is 2.25 bits per heavy atom. The largest absolute Gasteiger partial charge is 0.329 e.